The van der Waals surface area contributed by atoms with E-state index in [2.05, 4.69) is 4.90 Å². The van der Waals surface area contributed by atoms with Crippen LogP contribution in [0, 0.1) is 12.8 Å². The number of aryl methyl sites for hydroxylation is 1. The standard InChI is InChI=1S/C26H33N3O3/c1-4-22(30)17-28(16-20-10-11-20)18-25-19(2)27-29(21-8-6-5-7-9-21)26(25)32-24-14-12-23(31-3)13-15-24/h5-9,12-15,20,22,30H,4,10-11,16-18H2,1-3H3/t22-/m0/s1. The van der Waals surface area contributed by atoms with E-state index in [0.717, 1.165) is 47.3 Å². The highest BCUT2D eigenvalue weighted by Crippen LogP contribution is 2.34. The Morgan fingerprint density at radius 2 is 1.78 bits per heavy atom. The predicted molar refractivity (Wildman–Crippen MR) is 126 cm³/mol. The SMILES string of the molecule is CC[C@H](O)CN(Cc1c(C)nn(-c2ccccc2)c1Oc1ccc(OC)cc1)CC1CC1. The van der Waals surface area contributed by atoms with Crippen molar-refractivity contribution in [1.82, 2.24) is 14.7 Å². The van der Waals surface area contributed by atoms with E-state index < -0.39 is 0 Å². The average Bonchev–Trinajstić information content (AvgIpc) is 3.59. The highest BCUT2D eigenvalue weighted by atomic mass is 16.5. The second-order valence-electron chi connectivity index (χ2n) is 8.59. The Kier molecular flexibility index (Phi) is 7.12. The van der Waals surface area contributed by atoms with Gasteiger partial charge >= 0.3 is 0 Å². The number of aliphatic hydroxyl groups excluding tert-OH is 1. The van der Waals surface area contributed by atoms with Crippen LogP contribution in [0.4, 0.5) is 0 Å². The van der Waals surface area contributed by atoms with Crippen molar-refractivity contribution in [3.05, 3.63) is 65.9 Å². The molecule has 6 nitrogen and oxygen atoms in total. The summed E-state index contributed by atoms with van der Waals surface area (Å²) in [6.45, 7) is 6.40. The van der Waals surface area contributed by atoms with Gasteiger partial charge in [0.25, 0.3) is 0 Å². The van der Waals surface area contributed by atoms with Crippen LogP contribution in [0.25, 0.3) is 5.69 Å². The van der Waals surface area contributed by atoms with Gasteiger partial charge in [0.05, 0.1) is 30.2 Å². The molecule has 0 aliphatic heterocycles. The third kappa shape index (κ3) is 5.50. The summed E-state index contributed by atoms with van der Waals surface area (Å²) in [4.78, 5) is 2.35. The van der Waals surface area contributed by atoms with Gasteiger partial charge in [0.2, 0.25) is 5.88 Å². The van der Waals surface area contributed by atoms with Gasteiger partial charge in [-0.1, -0.05) is 25.1 Å². The highest BCUT2D eigenvalue weighted by Gasteiger charge is 2.28. The van der Waals surface area contributed by atoms with Crippen molar-refractivity contribution in [2.45, 2.75) is 45.8 Å². The van der Waals surface area contributed by atoms with Crippen LogP contribution in [-0.4, -0.2) is 46.1 Å². The van der Waals surface area contributed by atoms with Crippen molar-refractivity contribution < 1.29 is 14.6 Å². The van der Waals surface area contributed by atoms with Crippen LogP contribution < -0.4 is 9.47 Å². The Morgan fingerprint density at radius 3 is 2.41 bits per heavy atom. The molecule has 1 heterocycles. The molecule has 1 fully saturated rings. The first-order valence-corrected chi connectivity index (χ1v) is 11.4. The van der Waals surface area contributed by atoms with Gasteiger partial charge in [0.15, 0.2) is 0 Å². The van der Waals surface area contributed by atoms with Gasteiger partial charge in [-0.2, -0.15) is 5.10 Å². The Hall–Kier alpha value is -2.83. The van der Waals surface area contributed by atoms with E-state index in [1.807, 2.05) is 73.1 Å². The molecule has 0 radical (unpaired) electrons. The fraction of sp³-hybridized carbons (Fsp3) is 0.423. The Morgan fingerprint density at radius 1 is 1.09 bits per heavy atom. The molecule has 4 rings (SSSR count). The molecule has 0 unspecified atom stereocenters. The Balaban J connectivity index is 1.68. The Labute approximate surface area is 190 Å². The molecule has 0 bridgehead atoms. The van der Waals surface area contributed by atoms with Gasteiger partial charge in [-0.3, -0.25) is 4.90 Å². The van der Waals surface area contributed by atoms with Gasteiger partial charge < -0.3 is 14.6 Å². The number of para-hydroxylation sites is 1. The lowest BCUT2D eigenvalue weighted by atomic mass is 10.2. The van der Waals surface area contributed by atoms with Crippen molar-refractivity contribution in [1.29, 1.82) is 0 Å². The summed E-state index contributed by atoms with van der Waals surface area (Å²) in [6.07, 6.45) is 2.97. The van der Waals surface area contributed by atoms with Crippen LogP contribution >= 0.6 is 0 Å². The fourth-order valence-corrected chi connectivity index (χ4v) is 3.84. The van der Waals surface area contributed by atoms with E-state index in [4.69, 9.17) is 14.6 Å². The molecule has 1 saturated carbocycles. The first-order chi connectivity index (χ1) is 15.6. The molecule has 2 aromatic carbocycles. The second kappa shape index (κ2) is 10.2. The van der Waals surface area contributed by atoms with Crippen LogP contribution in [0.3, 0.4) is 0 Å². The minimum Gasteiger partial charge on any atom is -0.497 e. The zero-order valence-corrected chi connectivity index (χ0v) is 19.2. The summed E-state index contributed by atoms with van der Waals surface area (Å²) in [5.74, 6) is 2.96. The number of hydrogen-bond acceptors (Lipinski definition) is 5. The lowest BCUT2D eigenvalue weighted by Crippen LogP contribution is -2.33. The van der Waals surface area contributed by atoms with E-state index >= 15 is 0 Å². The number of rotatable bonds is 11. The van der Waals surface area contributed by atoms with E-state index in [1.54, 1.807) is 7.11 Å². The monoisotopic (exact) mass is 435 g/mol. The van der Waals surface area contributed by atoms with Crippen LogP contribution in [-0.2, 0) is 6.54 Å². The van der Waals surface area contributed by atoms with Crippen molar-refractivity contribution in [2.24, 2.45) is 5.92 Å². The van der Waals surface area contributed by atoms with Crippen molar-refractivity contribution in [3.63, 3.8) is 0 Å². The van der Waals surface area contributed by atoms with Gasteiger partial charge in [0.1, 0.15) is 11.5 Å². The number of aliphatic hydroxyl groups is 1. The molecule has 1 atom stereocenters. The summed E-state index contributed by atoms with van der Waals surface area (Å²) in [5, 5.41) is 15.2. The third-order valence-electron chi connectivity index (χ3n) is 5.95. The minimum atomic E-state index is -0.329. The van der Waals surface area contributed by atoms with Crippen molar-refractivity contribution >= 4 is 0 Å². The number of hydrogen-bond donors (Lipinski definition) is 1. The summed E-state index contributed by atoms with van der Waals surface area (Å²) >= 11 is 0. The van der Waals surface area contributed by atoms with Crippen LogP contribution in [0.2, 0.25) is 0 Å². The fourth-order valence-electron chi connectivity index (χ4n) is 3.84. The molecular weight excluding hydrogens is 402 g/mol. The first kappa shape index (κ1) is 22.4. The van der Waals surface area contributed by atoms with Crippen LogP contribution in [0.1, 0.15) is 37.4 Å². The van der Waals surface area contributed by atoms with Crippen molar-refractivity contribution in [3.8, 4) is 23.1 Å². The Bertz CT molecular complexity index is 997. The van der Waals surface area contributed by atoms with Gasteiger partial charge in [0, 0.05) is 19.6 Å². The van der Waals surface area contributed by atoms with Crippen molar-refractivity contribution in [2.75, 3.05) is 20.2 Å². The first-order valence-electron chi connectivity index (χ1n) is 11.4. The molecule has 3 aromatic rings. The second-order valence-corrected chi connectivity index (χ2v) is 8.59. The number of ether oxygens (including phenoxy) is 2. The maximum absolute atomic E-state index is 10.3. The topological polar surface area (TPSA) is 59.8 Å². The molecule has 0 amide bonds. The van der Waals surface area contributed by atoms with E-state index in [-0.39, 0.29) is 6.10 Å². The maximum Gasteiger partial charge on any atom is 0.227 e. The summed E-state index contributed by atoms with van der Waals surface area (Å²) in [7, 11) is 1.65. The molecule has 170 valence electrons. The highest BCUT2D eigenvalue weighted by molar-refractivity contribution is 5.44. The zero-order chi connectivity index (χ0) is 22.5. The smallest absolute Gasteiger partial charge is 0.227 e. The van der Waals surface area contributed by atoms with Crippen LogP contribution in [0.15, 0.2) is 54.6 Å². The quantitative estimate of drug-likeness (QED) is 0.461. The minimum absolute atomic E-state index is 0.329. The maximum atomic E-state index is 10.3. The number of methoxy groups -OCH3 is 1. The summed E-state index contributed by atoms with van der Waals surface area (Å²) < 4.78 is 13.6. The van der Waals surface area contributed by atoms with Gasteiger partial charge in [-0.15, -0.1) is 0 Å². The van der Waals surface area contributed by atoms with Gasteiger partial charge in [-0.25, -0.2) is 4.68 Å². The molecular formula is C26H33N3O3. The molecule has 0 spiro atoms. The lowest BCUT2D eigenvalue weighted by Gasteiger charge is -2.25. The normalized spacial score (nSPS) is 14.5. The lowest BCUT2D eigenvalue weighted by molar-refractivity contribution is 0.102. The molecule has 1 aliphatic carbocycles. The number of nitrogens with zero attached hydrogens (tertiary/aromatic N) is 3. The third-order valence-corrected chi connectivity index (χ3v) is 5.95. The summed E-state index contributed by atoms with van der Waals surface area (Å²) in [5.41, 5.74) is 2.94. The molecule has 0 saturated heterocycles. The molecule has 1 aliphatic rings. The van der Waals surface area contributed by atoms with Crippen LogP contribution in [0.5, 0.6) is 17.4 Å². The average molecular weight is 436 g/mol. The number of aromatic nitrogens is 2. The van der Waals surface area contributed by atoms with E-state index in [0.29, 0.717) is 19.0 Å². The summed E-state index contributed by atoms with van der Waals surface area (Å²) in [6, 6.07) is 17.6. The molecule has 6 heteroatoms. The number of benzene rings is 2. The van der Waals surface area contributed by atoms with E-state index in [9.17, 15) is 5.11 Å². The van der Waals surface area contributed by atoms with Gasteiger partial charge in [-0.05, 0) is 68.5 Å². The zero-order valence-electron chi connectivity index (χ0n) is 19.2. The van der Waals surface area contributed by atoms with E-state index in [1.165, 1.54) is 12.8 Å². The predicted octanol–water partition coefficient (Wildman–Crippen LogP) is 4.96. The largest absolute Gasteiger partial charge is 0.497 e. The molecule has 1 N–H and O–H groups in total. The molecule has 1 aromatic heterocycles. The molecule has 32 heavy (non-hydrogen) atoms.